The molecule has 0 atom stereocenters. The Morgan fingerprint density at radius 1 is 1.42 bits per heavy atom. The molecule has 0 aliphatic heterocycles. The summed E-state index contributed by atoms with van der Waals surface area (Å²) in [6.07, 6.45) is 0. The second-order valence-electron chi connectivity index (χ2n) is 4.16. The molecule has 0 amide bonds. The highest BCUT2D eigenvalue weighted by atomic mass is 35.5. The van der Waals surface area contributed by atoms with Crippen molar-refractivity contribution in [3.63, 3.8) is 0 Å². The number of nitrogens with zero attached hydrogens (tertiary/aromatic N) is 2. The van der Waals surface area contributed by atoms with Crippen molar-refractivity contribution in [3.8, 4) is 5.75 Å². The average molecular weight is 279 g/mol. The van der Waals surface area contributed by atoms with E-state index in [2.05, 4.69) is 5.10 Å². The number of aryl methyl sites for hydroxylation is 2. The van der Waals surface area contributed by atoms with E-state index in [1.807, 2.05) is 13.8 Å². The van der Waals surface area contributed by atoms with Crippen molar-refractivity contribution in [3.05, 3.63) is 46.2 Å². The van der Waals surface area contributed by atoms with Gasteiger partial charge in [-0.15, -0.1) is 0 Å². The molecule has 2 aromatic rings. The minimum absolute atomic E-state index is 0.137. The maximum Gasteiger partial charge on any atom is 0.214 e. The molecule has 1 heterocycles. The van der Waals surface area contributed by atoms with E-state index >= 15 is 0 Å². The summed E-state index contributed by atoms with van der Waals surface area (Å²) < 4.78 is 6.89. The number of aromatic nitrogens is 2. The van der Waals surface area contributed by atoms with Crippen molar-refractivity contribution in [1.29, 1.82) is 0 Å². The van der Waals surface area contributed by atoms with E-state index in [1.54, 1.807) is 28.9 Å². The molecule has 1 aromatic carbocycles. The van der Waals surface area contributed by atoms with Crippen LogP contribution in [0, 0.1) is 6.92 Å². The third-order valence-electron chi connectivity index (χ3n) is 2.84. The van der Waals surface area contributed by atoms with Crippen LogP contribution in [-0.4, -0.2) is 22.7 Å². The SMILES string of the molecule is CCn1nc(C)cc1C(=O)c1cc(Cl)ccc1OC. The van der Waals surface area contributed by atoms with E-state index in [0.717, 1.165) is 5.69 Å². The first-order chi connectivity index (χ1) is 9.06. The summed E-state index contributed by atoms with van der Waals surface area (Å²) >= 11 is 5.95. The monoisotopic (exact) mass is 278 g/mol. The molecule has 0 saturated carbocycles. The maximum atomic E-state index is 12.6. The van der Waals surface area contributed by atoms with Crippen LogP contribution in [0.5, 0.6) is 5.75 Å². The number of hydrogen-bond donors (Lipinski definition) is 0. The van der Waals surface area contributed by atoms with Gasteiger partial charge in [0.15, 0.2) is 0 Å². The fourth-order valence-corrected chi connectivity index (χ4v) is 2.14. The number of benzene rings is 1. The number of rotatable bonds is 4. The van der Waals surface area contributed by atoms with E-state index in [4.69, 9.17) is 16.3 Å². The van der Waals surface area contributed by atoms with Gasteiger partial charge < -0.3 is 4.74 Å². The van der Waals surface area contributed by atoms with Crippen molar-refractivity contribution < 1.29 is 9.53 Å². The first-order valence-electron chi connectivity index (χ1n) is 5.99. The minimum atomic E-state index is -0.137. The van der Waals surface area contributed by atoms with Crippen LogP contribution in [0.1, 0.15) is 28.7 Å². The first-order valence-corrected chi connectivity index (χ1v) is 6.37. The molecule has 0 fully saturated rings. The Bertz CT molecular complexity index is 620. The molecule has 100 valence electrons. The molecule has 0 N–H and O–H groups in total. The number of ether oxygens (including phenoxy) is 1. The number of ketones is 1. The summed E-state index contributed by atoms with van der Waals surface area (Å²) in [6.45, 7) is 4.44. The highest BCUT2D eigenvalue weighted by molar-refractivity contribution is 6.31. The van der Waals surface area contributed by atoms with Crippen molar-refractivity contribution >= 4 is 17.4 Å². The normalized spacial score (nSPS) is 10.5. The van der Waals surface area contributed by atoms with Gasteiger partial charge in [-0.05, 0) is 38.1 Å². The van der Waals surface area contributed by atoms with Crippen LogP contribution in [0.15, 0.2) is 24.3 Å². The Morgan fingerprint density at radius 2 is 2.16 bits per heavy atom. The molecule has 0 aliphatic carbocycles. The lowest BCUT2D eigenvalue weighted by Crippen LogP contribution is -2.11. The number of methoxy groups -OCH3 is 1. The van der Waals surface area contributed by atoms with Gasteiger partial charge in [0.05, 0.1) is 18.4 Å². The van der Waals surface area contributed by atoms with E-state index in [-0.39, 0.29) is 5.78 Å². The van der Waals surface area contributed by atoms with Crippen molar-refractivity contribution in [1.82, 2.24) is 9.78 Å². The van der Waals surface area contributed by atoms with Gasteiger partial charge in [-0.3, -0.25) is 9.48 Å². The second-order valence-corrected chi connectivity index (χ2v) is 4.60. The largest absolute Gasteiger partial charge is 0.496 e. The van der Waals surface area contributed by atoms with E-state index < -0.39 is 0 Å². The molecule has 0 unspecified atom stereocenters. The minimum Gasteiger partial charge on any atom is -0.496 e. The summed E-state index contributed by atoms with van der Waals surface area (Å²) in [7, 11) is 1.53. The molecule has 0 radical (unpaired) electrons. The average Bonchev–Trinajstić information content (AvgIpc) is 2.79. The summed E-state index contributed by atoms with van der Waals surface area (Å²) in [4.78, 5) is 12.6. The number of carbonyl (C=O) groups excluding carboxylic acids is 1. The Balaban J connectivity index is 2.52. The van der Waals surface area contributed by atoms with Gasteiger partial charge in [-0.25, -0.2) is 0 Å². The quantitative estimate of drug-likeness (QED) is 0.807. The smallest absolute Gasteiger partial charge is 0.214 e. The van der Waals surface area contributed by atoms with E-state index in [0.29, 0.717) is 28.6 Å². The molecule has 19 heavy (non-hydrogen) atoms. The zero-order valence-corrected chi connectivity index (χ0v) is 11.9. The van der Waals surface area contributed by atoms with Gasteiger partial charge in [0.25, 0.3) is 0 Å². The maximum absolute atomic E-state index is 12.6. The number of carbonyl (C=O) groups is 1. The highest BCUT2D eigenvalue weighted by Crippen LogP contribution is 2.25. The standard InChI is InChI=1S/C14H15ClN2O2/c1-4-17-12(7-9(2)16-17)14(18)11-8-10(15)5-6-13(11)19-3/h5-8H,4H2,1-3H3. The van der Waals surface area contributed by atoms with Gasteiger partial charge in [-0.1, -0.05) is 11.6 Å². The molecule has 0 bridgehead atoms. The fraction of sp³-hybridized carbons (Fsp3) is 0.286. The Kier molecular flexibility index (Phi) is 3.90. The molecule has 0 aliphatic rings. The summed E-state index contributed by atoms with van der Waals surface area (Å²) in [5.41, 5.74) is 1.80. The highest BCUT2D eigenvalue weighted by Gasteiger charge is 2.19. The third-order valence-corrected chi connectivity index (χ3v) is 3.08. The van der Waals surface area contributed by atoms with Crippen LogP contribution in [0.3, 0.4) is 0 Å². The molecule has 0 saturated heterocycles. The van der Waals surface area contributed by atoms with Crippen LogP contribution >= 0.6 is 11.6 Å². The molecule has 0 spiro atoms. The molecular formula is C14H15ClN2O2. The van der Waals surface area contributed by atoms with E-state index in [9.17, 15) is 4.79 Å². The number of hydrogen-bond acceptors (Lipinski definition) is 3. The zero-order chi connectivity index (χ0) is 14.0. The predicted molar refractivity (Wildman–Crippen MR) is 74.1 cm³/mol. The van der Waals surface area contributed by atoms with Crippen molar-refractivity contribution in [2.45, 2.75) is 20.4 Å². The Morgan fingerprint density at radius 3 is 2.79 bits per heavy atom. The van der Waals surface area contributed by atoms with Gasteiger partial charge in [0.1, 0.15) is 11.4 Å². The van der Waals surface area contributed by atoms with Crippen molar-refractivity contribution in [2.24, 2.45) is 0 Å². The molecular weight excluding hydrogens is 264 g/mol. The number of halogens is 1. The summed E-state index contributed by atoms with van der Waals surface area (Å²) in [5, 5.41) is 4.78. The van der Waals surface area contributed by atoms with Crippen LogP contribution in [0.4, 0.5) is 0 Å². The summed E-state index contributed by atoms with van der Waals surface area (Å²) in [6, 6.07) is 6.77. The van der Waals surface area contributed by atoms with Crippen LogP contribution in [-0.2, 0) is 6.54 Å². The lowest BCUT2D eigenvalue weighted by atomic mass is 10.1. The lowest BCUT2D eigenvalue weighted by Gasteiger charge is -2.09. The van der Waals surface area contributed by atoms with Gasteiger partial charge in [0.2, 0.25) is 5.78 Å². The van der Waals surface area contributed by atoms with Gasteiger partial charge in [0, 0.05) is 11.6 Å². The zero-order valence-electron chi connectivity index (χ0n) is 11.1. The van der Waals surface area contributed by atoms with Gasteiger partial charge >= 0.3 is 0 Å². The molecule has 5 heteroatoms. The predicted octanol–water partition coefficient (Wildman–Crippen LogP) is 3.10. The molecule has 2 rings (SSSR count). The van der Waals surface area contributed by atoms with Gasteiger partial charge in [-0.2, -0.15) is 5.10 Å². The van der Waals surface area contributed by atoms with Crippen LogP contribution in [0.25, 0.3) is 0 Å². The molecule has 4 nitrogen and oxygen atoms in total. The summed E-state index contributed by atoms with van der Waals surface area (Å²) in [5.74, 6) is 0.373. The third kappa shape index (κ3) is 2.63. The molecule has 1 aromatic heterocycles. The second kappa shape index (κ2) is 5.45. The Labute approximate surface area is 116 Å². The topological polar surface area (TPSA) is 44.1 Å². The van der Waals surface area contributed by atoms with Crippen LogP contribution in [0.2, 0.25) is 5.02 Å². The Hall–Kier alpha value is -1.81. The lowest BCUT2D eigenvalue weighted by molar-refractivity contribution is 0.102. The van der Waals surface area contributed by atoms with E-state index in [1.165, 1.54) is 7.11 Å². The van der Waals surface area contributed by atoms with Crippen LogP contribution < -0.4 is 4.74 Å². The fourth-order valence-electron chi connectivity index (χ4n) is 1.96. The first kappa shape index (κ1) is 13.6. The van der Waals surface area contributed by atoms with Crippen molar-refractivity contribution in [2.75, 3.05) is 7.11 Å².